The van der Waals surface area contributed by atoms with Gasteiger partial charge in [0.25, 0.3) is 0 Å². The minimum atomic E-state index is -1.00. The summed E-state index contributed by atoms with van der Waals surface area (Å²) in [6.45, 7) is 6.06. The molecule has 1 aliphatic heterocycles. The number of carbonyl (C=O) groups excluding carboxylic acids is 1. The number of methoxy groups -OCH3 is 1. The maximum Gasteiger partial charge on any atom is 0.407 e. The zero-order valence-corrected chi connectivity index (χ0v) is 15.3. The van der Waals surface area contributed by atoms with Crippen molar-refractivity contribution in [2.75, 3.05) is 20.3 Å². The smallest absolute Gasteiger partial charge is 0.407 e. The molecule has 2 atom stereocenters. The van der Waals surface area contributed by atoms with Gasteiger partial charge in [0.15, 0.2) is 17.8 Å². The highest BCUT2D eigenvalue weighted by Gasteiger charge is 2.50. The van der Waals surface area contributed by atoms with Crippen molar-refractivity contribution in [1.82, 2.24) is 4.90 Å². The number of likely N-dealkylation sites (tertiary alicyclic amines) is 1. The fourth-order valence-corrected chi connectivity index (χ4v) is 3.15. The van der Waals surface area contributed by atoms with Crippen LogP contribution >= 0.6 is 0 Å². The van der Waals surface area contributed by atoms with E-state index in [9.17, 15) is 14.7 Å². The minimum Gasteiger partial charge on any atom is -0.490 e. The monoisotopic (exact) mass is 361 g/mol. The van der Waals surface area contributed by atoms with Gasteiger partial charge in [0.1, 0.15) is 12.7 Å². The molecule has 1 heterocycles. The predicted molar refractivity (Wildman–Crippen MR) is 95.1 cm³/mol. The molecule has 1 fully saturated rings. The van der Waals surface area contributed by atoms with Crippen LogP contribution in [0.25, 0.3) is 0 Å². The van der Waals surface area contributed by atoms with Gasteiger partial charge in [0, 0.05) is 0 Å². The number of amides is 1. The number of aldehydes is 1. The highest BCUT2D eigenvalue weighted by molar-refractivity contribution is 5.82. The van der Waals surface area contributed by atoms with E-state index in [2.05, 4.69) is 5.92 Å². The molecular formula is C19H23NO6. The molecule has 7 heteroatoms. The number of terminal acetylenes is 1. The second kappa shape index (κ2) is 7.56. The minimum absolute atomic E-state index is 0.0388. The largest absolute Gasteiger partial charge is 0.490 e. The van der Waals surface area contributed by atoms with Crippen molar-refractivity contribution in [3.05, 3.63) is 17.7 Å². The molecule has 0 spiro atoms. The topological polar surface area (TPSA) is 85.3 Å². The van der Waals surface area contributed by atoms with Crippen LogP contribution in [-0.2, 0) is 0 Å². The molecule has 1 saturated heterocycles. The zero-order valence-electron chi connectivity index (χ0n) is 15.3. The second-order valence-corrected chi connectivity index (χ2v) is 7.03. The van der Waals surface area contributed by atoms with E-state index in [-0.39, 0.29) is 41.7 Å². The molecule has 2 unspecified atom stereocenters. The van der Waals surface area contributed by atoms with Gasteiger partial charge in [-0.1, -0.05) is 26.7 Å². The van der Waals surface area contributed by atoms with Crippen molar-refractivity contribution in [2.45, 2.75) is 32.9 Å². The van der Waals surface area contributed by atoms with Gasteiger partial charge in [-0.2, -0.15) is 0 Å². The molecule has 1 aliphatic rings. The lowest BCUT2D eigenvalue weighted by atomic mass is 9.77. The van der Waals surface area contributed by atoms with E-state index in [4.69, 9.17) is 20.6 Å². The molecule has 140 valence electrons. The lowest BCUT2D eigenvalue weighted by molar-refractivity contribution is -0.0783. The molecule has 7 nitrogen and oxygen atoms in total. The van der Waals surface area contributed by atoms with E-state index < -0.39 is 12.2 Å². The summed E-state index contributed by atoms with van der Waals surface area (Å²) in [7, 11) is 1.44. The summed E-state index contributed by atoms with van der Waals surface area (Å²) in [6.07, 6.45) is 4.46. The summed E-state index contributed by atoms with van der Waals surface area (Å²) in [5.74, 6) is 3.20. The number of rotatable bonds is 6. The number of ether oxygens (including phenoxy) is 3. The molecule has 26 heavy (non-hydrogen) atoms. The van der Waals surface area contributed by atoms with Crippen LogP contribution in [-0.4, -0.2) is 54.8 Å². The van der Waals surface area contributed by atoms with Gasteiger partial charge >= 0.3 is 6.09 Å². The molecular weight excluding hydrogens is 338 g/mol. The summed E-state index contributed by atoms with van der Waals surface area (Å²) in [5.41, 5.74) is -0.0515. The Balaban J connectivity index is 2.37. The van der Waals surface area contributed by atoms with E-state index >= 15 is 0 Å². The van der Waals surface area contributed by atoms with Crippen LogP contribution in [0.1, 0.15) is 31.1 Å². The van der Waals surface area contributed by atoms with Crippen LogP contribution < -0.4 is 14.2 Å². The van der Waals surface area contributed by atoms with Crippen LogP contribution in [0.5, 0.6) is 17.2 Å². The molecule has 1 aromatic rings. The van der Waals surface area contributed by atoms with Crippen LogP contribution in [0, 0.1) is 17.8 Å². The number of hydrogen-bond donors (Lipinski definition) is 1. The van der Waals surface area contributed by atoms with Gasteiger partial charge in [-0.05, 0) is 17.5 Å². The molecule has 1 amide bonds. The Labute approximate surface area is 152 Å². The summed E-state index contributed by atoms with van der Waals surface area (Å²) in [6, 6.07) is 2.77. The lowest BCUT2D eigenvalue weighted by Gasteiger charge is -2.52. The number of benzene rings is 1. The van der Waals surface area contributed by atoms with E-state index in [1.54, 1.807) is 12.1 Å². The fourth-order valence-electron chi connectivity index (χ4n) is 3.15. The first-order valence-corrected chi connectivity index (χ1v) is 8.13. The molecule has 0 aromatic heterocycles. The van der Waals surface area contributed by atoms with Crippen molar-refractivity contribution in [2.24, 2.45) is 5.41 Å². The number of carbonyl (C=O) groups is 2. The summed E-state index contributed by atoms with van der Waals surface area (Å²) in [5, 5.41) is 9.34. The molecule has 2 rings (SSSR count). The zero-order chi connectivity index (χ0) is 19.5. The first kappa shape index (κ1) is 19.4. The Kier molecular flexibility index (Phi) is 5.66. The fraction of sp³-hybridized carbons (Fsp3) is 0.474. The van der Waals surface area contributed by atoms with Gasteiger partial charge < -0.3 is 19.3 Å². The van der Waals surface area contributed by atoms with Gasteiger partial charge in [0.05, 0.1) is 25.3 Å². The predicted octanol–water partition coefficient (Wildman–Crippen LogP) is 2.68. The third kappa shape index (κ3) is 3.69. The van der Waals surface area contributed by atoms with Crippen LogP contribution in [0.3, 0.4) is 0 Å². The average Bonchev–Trinajstić information content (AvgIpc) is 2.53. The maximum absolute atomic E-state index is 11.4. The standard InChI is InChI=1S/C19H23NO6/c1-6-9-25-13-8-7-12(11-21)15(16(13)24-5)26-14-10-20(18(22)23)17(14)19(2,3)4/h1,7-8,11,14,17H,9-10H2,2-5H3,(H,22,23). The highest BCUT2D eigenvalue weighted by atomic mass is 16.5. The van der Waals surface area contributed by atoms with Crippen LogP contribution in [0.15, 0.2) is 12.1 Å². The Morgan fingerprint density at radius 3 is 2.62 bits per heavy atom. The van der Waals surface area contributed by atoms with Crippen molar-refractivity contribution >= 4 is 12.4 Å². The van der Waals surface area contributed by atoms with E-state index in [0.717, 1.165) is 0 Å². The molecule has 0 saturated carbocycles. The normalized spacial score (nSPS) is 19.1. The van der Waals surface area contributed by atoms with E-state index in [0.29, 0.717) is 12.0 Å². The van der Waals surface area contributed by atoms with Gasteiger partial charge in [-0.15, -0.1) is 6.42 Å². The van der Waals surface area contributed by atoms with Crippen molar-refractivity contribution in [3.8, 4) is 29.6 Å². The summed E-state index contributed by atoms with van der Waals surface area (Å²) >= 11 is 0. The Hall–Kier alpha value is -2.88. The molecule has 0 radical (unpaired) electrons. The highest BCUT2D eigenvalue weighted by Crippen LogP contribution is 2.43. The van der Waals surface area contributed by atoms with Gasteiger partial charge in [-0.25, -0.2) is 4.79 Å². The van der Waals surface area contributed by atoms with Crippen LogP contribution in [0.2, 0.25) is 0 Å². The maximum atomic E-state index is 11.4. The van der Waals surface area contributed by atoms with Crippen molar-refractivity contribution < 1.29 is 28.9 Å². The number of carboxylic acid groups (broad SMARTS) is 1. The molecule has 0 aliphatic carbocycles. The Morgan fingerprint density at radius 1 is 1.42 bits per heavy atom. The number of hydrogen-bond acceptors (Lipinski definition) is 5. The average molecular weight is 361 g/mol. The Bertz CT molecular complexity index is 731. The van der Waals surface area contributed by atoms with Gasteiger partial charge in [0.2, 0.25) is 5.75 Å². The molecule has 1 N–H and O–H groups in total. The van der Waals surface area contributed by atoms with Crippen molar-refractivity contribution in [3.63, 3.8) is 0 Å². The second-order valence-electron chi connectivity index (χ2n) is 7.03. The first-order valence-electron chi connectivity index (χ1n) is 8.13. The third-order valence-corrected chi connectivity index (χ3v) is 4.22. The number of nitrogens with zero attached hydrogens (tertiary/aromatic N) is 1. The van der Waals surface area contributed by atoms with Crippen molar-refractivity contribution in [1.29, 1.82) is 0 Å². The van der Waals surface area contributed by atoms with Crippen LogP contribution in [0.4, 0.5) is 4.79 Å². The quantitative estimate of drug-likeness (QED) is 0.619. The SMILES string of the molecule is C#CCOc1ccc(C=O)c(OC2CN(C(=O)O)C2C(C)(C)C)c1OC. The lowest BCUT2D eigenvalue weighted by Crippen LogP contribution is -2.68. The molecule has 1 aromatic carbocycles. The third-order valence-electron chi connectivity index (χ3n) is 4.22. The van der Waals surface area contributed by atoms with Gasteiger partial charge in [-0.3, -0.25) is 9.69 Å². The molecule has 0 bridgehead atoms. The van der Waals surface area contributed by atoms with E-state index in [1.807, 2.05) is 20.8 Å². The summed E-state index contributed by atoms with van der Waals surface area (Å²) in [4.78, 5) is 24.2. The first-order chi connectivity index (χ1) is 12.2. The van der Waals surface area contributed by atoms with E-state index in [1.165, 1.54) is 12.0 Å². The summed E-state index contributed by atoms with van der Waals surface area (Å²) < 4.78 is 16.9. The Morgan fingerprint density at radius 2 is 2.12 bits per heavy atom.